The number of hydrogen-bond donors (Lipinski definition) is 1. The fraction of sp³-hybridized carbons (Fsp3) is 0.350. The van der Waals surface area contributed by atoms with Gasteiger partial charge in [-0.2, -0.15) is 0 Å². The lowest BCUT2D eigenvalue weighted by molar-refractivity contribution is 0.196. The Balaban J connectivity index is 1.63. The average molecular weight is 357 g/mol. The maximum atomic E-state index is 13.9. The van der Waals surface area contributed by atoms with Gasteiger partial charge in [-0.25, -0.2) is 13.6 Å². The van der Waals surface area contributed by atoms with Crippen LogP contribution < -0.4 is 10.2 Å². The third-order valence-electron chi connectivity index (χ3n) is 5.57. The van der Waals surface area contributed by atoms with Gasteiger partial charge in [-0.3, -0.25) is 4.90 Å². The molecule has 0 aliphatic carbocycles. The first-order chi connectivity index (χ1) is 12.5. The molecule has 0 unspecified atom stereocenters. The number of fused-ring (bicyclic) bond motifs is 2. The minimum atomic E-state index is -0.352. The van der Waals surface area contributed by atoms with E-state index in [1.807, 2.05) is 0 Å². The average Bonchev–Trinajstić information content (AvgIpc) is 2.94. The summed E-state index contributed by atoms with van der Waals surface area (Å²) in [7, 11) is 2.08. The van der Waals surface area contributed by atoms with Gasteiger partial charge in [0.2, 0.25) is 0 Å². The standard InChI is InChI=1S/C20H21F2N3O/c1-24-10-8-20(9-11-24)13-25(18-7-4-15(22)12-17(18)20)19(26)23-16-5-2-14(21)3-6-16/h2-7,12H,8-11,13H2,1H3,(H,23,26). The highest BCUT2D eigenvalue weighted by Gasteiger charge is 2.46. The van der Waals surface area contributed by atoms with E-state index in [4.69, 9.17) is 0 Å². The molecule has 0 atom stereocenters. The van der Waals surface area contributed by atoms with Gasteiger partial charge in [0.25, 0.3) is 0 Å². The van der Waals surface area contributed by atoms with Crippen molar-refractivity contribution in [1.29, 1.82) is 0 Å². The summed E-state index contributed by atoms with van der Waals surface area (Å²) in [6.45, 7) is 2.37. The Morgan fingerprint density at radius 1 is 1.04 bits per heavy atom. The SMILES string of the molecule is CN1CCC2(CC1)CN(C(=O)Nc1ccc(F)cc1)c1ccc(F)cc12. The van der Waals surface area contributed by atoms with Crippen LogP contribution in [0.2, 0.25) is 0 Å². The van der Waals surface area contributed by atoms with Crippen LogP contribution in [0, 0.1) is 11.6 Å². The minimum absolute atomic E-state index is 0.204. The zero-order valence-corrected chi connectivity index (χ0v) is 14.6. The normalized spacial score (nSPS) is 18.8. The topological polar surface area (TPSA) is 35.6 Å². The maximum absolute atomic E-state index is 13.9. The molecule has 4 rings (SSSR count). The molecule has 2 aliphatic rings. The van der Waals surface area contributed by atoms with Gasteiger partial charge in [0, 0.05) is 23.3 Å². The molecule has 2 amide bonds. The Bertz CT molecular complexity index is 829. The van der Waals surface area contributed by atoms with Gasteiger partial charge in [-0.15, -0.1) is 0 Å². The summed E-state index contributed by atoms with van der Waals surface area (Å²) in [6, 6.07) is 10.0. The van der Waals surface area contributed by atoms with Crippen LogP contribution in [0.5, 0.6) is 0 Å². The number of likely N-dealkylation sites (tertiary alicyclic amines) is 1. The summed E-state index contributed by atoms with van der Waals surface area (Å²) in [4.78, 5) is 16.8. The van der Waals surface area contributed by atoms with Crippen molar-refractivity contribution < 1.29 is 13.6 Å². The monoisotopic (exact) mass is 357 g/mol. The van der Waals surface area contributed by atoms with Crippen LogP contribution in [0.15, 0.2) is 42.5 Å². The molecule has 1 spiro atoms. The van der Waals surface area contributed by atoms with E-state index in [2.05, 4.69) is 17.3 Å². The quantitative estimate of drug-likeness (QED) is 0.838. The molecule has 0 radical (unpaired) electrons. The molecule has 2 aromatic rings. The number of anilines is 2. The van der Waals surface area contributed by atoms with Crippen molar-refractivity contribution in [3.63, 3.8) is 0 Å². The third-order valence-corrected chi connectivity index (χ3v) is 5.57. The van der Waals surface area contributed by atoms with Crippen molar-refractivity contribution in [2.24, 2.45) is 0 Å². The lowest BCUT2D eigenvalue weighted by atomic mass is 9.74. The van der Waals surface area contributed by atoms with E-state index in [1.165, 1.54) is 30.3 Å². The minimum Gasteiger partial charge on any atom is -0.308 e. The van der Waals surface area contributed by atoms with E-state index in [-0.39, 0.29) is 23.1 Å². The van der Waals surface area contributed by atoms with Crippen molar-refractivity contribution in [1.82, 2.24) is 4.90 Å². The number of urea groups is 1. The van der Waals surface area contributed by atoms with Crippen LogP contribution in [0.4, 0.5) is 25.0 Å². The van der Waals surface area contributed by atoms with Crippen LogP contribution in [-0.2, 0) is 5.41 Å². The second-order valence-electron chi connectivity index (χ2n) is 7.27. The molecular formula is C20H21F2N3O. The summed E-state index contributed by atoms with van der Waals surface area (Å²) in [6.07, 6.45) is 1.78. The van der Waals surface area contributed by atoms with Gasteiger partial charge in [0.15, 0.2) is 0 Å². The van der Waals surface area contributed by atoms with Gasteiger partial charge in [-0.05, 0) is 81.0 Å². The van der Waals surface area contributed by atoms with Crippen molar-refractivity contribution in [2.45, 2.75) is 18.3 Å². The van der Waals surface area contributed by atoms with Crippen molar-refractivity contribution in [2.75, 3.05) is 36.9 Å². The van der Waals surface area contributed by atoms with E-state index in [0.717, 1.165) is 37.2 Å². The van der Waals surface area contributed by atoms with Crippen molar-refractivity contribution in [3.05, 3.63) is 59.7 Å². The molecule has 136 valence electrons. The van der Waals surface area contributed by atoms with E-state index < -0.39 is 0 Å². The number of carbonyl (C=O) groups is 1. The molecule has 0 aromatic heterocycles. The zero-order valence-electron chi connectivity index (χ0n) is 14.6. The molecule has 1 saturated heterocycles. The Morgan fingerprint density at radius 2 is 1.69 bits per heavy atom. The van der Waals surface area contributed by atoms with E-state index in [0.29, 0.717) is 12.2 Å². The number of rotatable bonds is 1. The van der Waals surface area contributed by atoms with Gasteiger partial charge >= 0.3 is 6.03 Å². The van der Waals surface area contributed by atoms with E-state index in [1.54, 1.807) is 17.0 Å². The summed E-state index contributed by atoms with van der Waals surface area (Å²) in [5.74, 6) is -0.627. The fourth-order valence-electron chi connectivity index (χ4n) is 4.02. The Kier molecular flexibility index (Phi) is 4.15. The highest BCUT2D eigenvalue weighted by Crippen LogP contribution is 2.47. The highest BCUT2D eigenvalue weighted by molar-refractivity contribution is 6.03. The van der Waals surface area contributed by atoms with Crippen LogP contribution in [0.1, 0.15) is 18.4 Å². The summed E-state index contributed by atoms with van der Waals surface area (Å²) >= 11 is 0. The maximum Gasteiger partial charge on any atom is 0.326 e. The Morgan fingerprint density at radius 3 is 2.38 bits per heavy atom. The molecule has 1 fully saturated rings. The first-order valence-corrected chi connectivity index (χ1v) is 8.80. The van der Waals surface area contributed by atoms with E-state index in [9.17, 15) is 13.6 Å². The van der Waals surface area contributed by atoms with Gasteiger partial charge in [0.1, 0.15) is 11.6 Å². The molecule has 2 aliphatic heterocycles. The van der Waals surface area contributed by atoms with Crippen molar-refractivity contribution >= 4 is 17.4 Å². The number of benzene rings is 2. The predicted octanol–water partition coefficient (Wildman–Crippen LogP) is 3.98. The van der Waals surface area contributed by atoms with Crippen LogP contribution in [0.25, 0.3) is 0 Å². The van der Waals surface area contributed by atoms with Crippen LogP contribution >= 0.6 is 0 Å². The molecule has 4 nitrogen and oxygen atoms in total. The molecule has 1 N–H and O–H groups in total. The summed E-state index contributed by atoms with van der Waals surface area (Å²) in [5.41, 5.74) is 2.00. The molecule has 26 heavy (non-hydrogen) atoms. The lowest BCUT2D eigenvalue weighted by Gasteiger charge is -2.38. The first kappa shape index (κ1) is 17.0. The predicted molar refractivity (Wildman–Crippen MR) is 97.6 cm³/mol. The summed E-state index contributed by atoms with van der Waals surface area (Å²) < 4.78 is 27.0. The van der Waals surface area contributed by atoms with Gasteiger partial charge < -0.3 is 10.2 Å². The number of nitrogens with zero attached hydrogens (tertiary/aromatic N) is 2. The van der Waals surface area contributed by atoms with Crippen molar-refractivity contribution in [3.8, 4) is 0 Å². The summed E-state index contributed by atoms with van der Waals surface area (Å²) in [5, 5.41) is 2.81. The smallest absolute Gasteiger partial charge is 0.308 e. The van der Waals surface area contributed by atoms with Gasteiger partial charge in [-0.1, -0.05) is 0 Å². The fourth-order valence-corrected chi connectivity index (χ4v) is 4.02. The van der Waals surface area contributed by atoms with Crippen LogP contribution in [-0.4, -0.2) is 37.6 Å². The number of piperidine rings is 1. The molecular weight excluding hydrogens is 336 g/mol. The molecule has 0 bridgehead atoms. The lowest BCUT2D eigenvalue weighted by Crippen LogP contribution is -2.45. The number of halogens is 2. The Hall–Kier alpha value is -2.47. The molecule has 0 saturated carbocycles. The Labute approximate surface area is 151 Å². The zero-order chi connectivity index (χ0) is 18.3. The number of nitrogens with one attached hydrogen (secondary N) is 1. The first-order valence-electron chi connectivity index (χ1n) is 8.80. The number of hydrogen-bond acceptors (Lipinski definition) is 2. The van der Waals surface area contributed by atoms with Gasteiger partial charge in [0.05, 0.1) is 0 Å². The van der Waals surface area contributed by atoms with Crippen LogP contribution in [0.3, 0.4) is 0 Å². The highest BCUT2D eigenvalue weighted by atomic mass is 19.1. The molecule has 6 heteroatoms. The molecule has 2 heterocycles. The second kappa shape index (κ2) is 6.36. The van der Waals surface area contributed by atoms with E-state index >= 15 is 0 Å². The second-order valence-corrected chi connectivity index (χ2v) is 7.27. The third kappa shape index (κ3) is 2.94. The number of carbonyl (C=O) groups excluding carboxylic acids is 1. The molecule has 2 aromatic carbocycles. The largest absolute Gasteiger partial charge is 0.326 e. The number of amides is 2.